The van der Waals surface area contributed by atoms with E-state index in [0.717, 1.165) is 25.1 Å². The van der Waals surface area contributed by atoms with Crippen molar-refractivity contribution < 1.29 is 5.11 Å². The van der Waals surface area contributed by atoms with Gasteiger partial charge >= 0.3 is 0 Å². The van der Waals surface area contributed by atoms with Gasteiger partial charge in [-0.2, -0.15) is 5.10 Å². The van der Waals surface area contributed by atoms with Crippen molar-refractivity contribution in [2.75, 3.05) is 6.61 Å². The van der Waals surface area contributed by atoms with E-state index in [2.05, 4.69) is 22.2 Å². The molecule has 2 aromatic rings. The van der Waals surface area contributed by atoms with Crippen LogP contribution in [-0.4, -0.2) is 26.5 Å². The van der Waals surface area contributed by atoms with E-state index in [-0.39, 0.29) is 12.6 Å². The number of aryl methyl sites for hydroxylation is 1. The van der Waals surface area contributed by atoms with Crippen LogP contribution in [0, 0.1) is 0 Å². The summed E-state index contributed by atoms with van der Waals surface area (Å²) < 4.78 is 1.67. The van der Waals surface area contributed by atoms with Crippen molar-refractivity contribution in [3.05, 3.63) is 48.0 Å². The highest BCUT2D eigenvalue weighted by Crippen LogP contribution is 2.15. The van der Waals surface area contributed by atoms with Crippen LogP contribution in [-0.2, 0) is 13.0 Å². The third-order valence-corrected chi connectivity index (χ3v) is 3.11. The van der Waals surface area contributed by atoms with Gasteiger partial charge in [0.05, 0.1) is 19.2 Å². The van der Waals surface area contributed by atoms with Crippen LogP contribution in [0.3, 0.4) is 0 Å². The fourth-order valence-corrected chi connectivity index (χ4v) is 2.13. The largest absolute Gasteiger partial charge is 0.394 e. The van der Waals surface area contributed by atoms with Crippen LogP contribution in [0.2, 0.25) is 0 Å². The molecule has 0 fully saturated rings. The first kappa shape index (κ1) is 13.7. The maximum Gasteiger partial charge on any atom is 0.143 e. The fraction of sp³-hybridized carbons (Fsp3) is 0.429. The van der Waals surface area contributed by atoms with Crippen LogP contribution in [0.1, 0.15) is 30.3 Å². The van der Waals surface area contributed by atoms with E-state index in [0.29, 0.717) is 6.54 Å². The Labute approximate surface area is 113 Å². The molecule has 2 rings (SSSR count). The SMILES string of the molecule is NC(CCCc1ccccc1)c1ncnn1CCO. The molecule has 1 atom stereocenters. The lowest BCUT2D eigenvalue weighted by molar-refractivity contribution is 0.265. The van der Waals surface area contributed by atoms with E-state index in [1.165, 1.54) is 11.9 Å². The Hall–Kier alpha value is -1.72. The molecule has 0 aliphatic carbocycles. The average Bonchev–Trinajstić information content (AvgIpc) is 2.89. The summed E-state index contributed by atoms with van der Waals surface area (Å²) in [5.41, 5.74) is 7.46. The van der Waals surface area contributed by atoms with Crippen LogP contribution in [0.4, 0.5) is 0 Å². The Morgan fingerprint density at radius 1 is 1.26 bits per heavy atom. The number of hydrogen-bond acceptors (Lipinski definition) is 4. The highest BCUT2D eigenvalue weighted by molar-refractivity contribution is 5.14. The van der Waals surface area contributed by atoms with E-state index >= 15 is 0 Å². The van der Waals surface area contributed by atoms with Crippen LogP contribution in [0.5, 0.6) is 0 Å². The summed E-state index contributed by atoms with van der Waals surface area (Å²) >= 11 is 0. The monoisotopic (exact) mass is 260 g/mol. The second-order valence-corrected chi connectivity index (χ2v) is 4.55. The van der Waals surface area contributed by atoms with E-state index < -0.39 is 0 Å². The first-order valence-corrected chi connectivity index (χ1v) is 6.59. The lowest BCUT2D eigenvalue weighted by atomic mass is 10.0. The van der Waals surface area contributed by atoms with Crippen molar-refractivity contribution in [1.29, 1.82) is 0 Å². The Bertz CT molecular complexity index is 483. The minimum Gasteiger partial charge on any atom is -0.394 e. The molecule has 19 heavy (non-hydrogen) atoms. The Balaban J connectivity index is 1.84. The highest BCUT2D eigenvalue weighted by atomic mass is 16.3. The van der Waals surface area contributed by atoms with Crippen LogP contribution < -0.4 is 5.73 Å². The quantitative estimate of drug-likeness (QED) is 0.786. The topological polar surface area (TPSA) is 77.0 Å². The normalized spacial score (nSPS) is 12.5. The Morgan fingerprint density at radius 3 is 2.79 bits per heavy atom. The van der Waals surface area contributed by atoms with Gasteiger partial charge in [0.2, 0.25) is 0 Å². The van der Waals surface area contributed by atoms with Crippen molar-refractivity contribution in [2.24, 2.45) is 5.73 Å². The van der Waals surface area contributed by atoms with Gasteiger partial charge < -0.3 is 10.8 Å². The minimum absolute atomic E-state index is 0.0487. The second kappa shape index (κ2) is 7.01. The van der Waals surface area contributed by atoms with Gasteiger partial charge in [-0.1, -0.05) is 30.3 Å². The third-order valence-electron chi connectivity index (χ3n) is 3.11. The number of nitrogens with zero attached hydrogens (tertiary/aromatic N) is 3. The van der Waals surface area contributed by atoms with Gasteiger partial charge in [0, 0.05) is 0 Å². The van der Waals surface area contributed by atoms with Crippen LogP contribution >= 0.6 is 0 Å². The number of aliphatic hydroxyl groups is 1. The average molecular weight is 260 g/mol. The number of rotatable bonds is 7. The highest BCUT2D eigenvalue weighted by Gasteiger charge is 2.12. The van der Waals surface area contributed by atoms with Crippen LogP contribution in [0.25, 0.3) is 0 Å². The van der Waals surface area contributed by atoms with E-state index in [9.17, 15) is 0 Å². The van der Waals surface area contributed by atoms with Gasteiger partial charge in [-0.15, -0.1) is 0 Å². The molecule has 0 radical (unpaired) electrons. The summed E-state index contributed by atoms with van der Waals surface area (Å²) in [5.74, 6) is 0.752. The maximum atomic E-state index is 8.94. The predicted molar refractivity (Wildman–Crippen MR) is 73.4 cm³/mol. The van der Waals surface area contributed by atoms with Gasteiger partial charge in [0.25, 0.3) is 0 Å². The van der Waals surface area contributed by atoms with Crippen molar-refractivity contribution in [3.63, 3.8) is 0 Å². The number of aliphatic hydroxyl groups excluding tert-OH is 1. The van der Waals surface area contributed by atoms with E-state index in [1.807, 2.05) is 18.2 Å². The molecular formula is C14H20N4O. The van der Waals surface area contributed by atoms with Crippen molar-refractivity contribution >= 4 is 0 Å². The van der Waals surface area contributed by atoms with E-state index in [4.69, 9.17) is 10.8 Å². The first-order chi connectivity index (χ1) is 9.31. The summed E-state index contributed by atoms with van der Waals surface area (Å²) in [6.07, 6.45) is 4.38. The molecule has 102 valence electrons. The van der Waals surface area contributed by atoms with Crippen molar-refractivity contribution in [1.82, 2.24) is 14.8 Å². The molecule has 3 N–H and O–H groups in total. The van der Waals surface area contributed by atoms with Gasteiger partial charge in [-0.3, -0.25) is 0 Å². The summed E-state index contributed by atoms with van der Waals surface area (Å²) in [7, 11) is 0. The van der Waals surface area contributed by atoms with E-state index in [1.54, 1.807) is 4.68 Å². The number of aromatic nitrogens is 3. The molecule has 5 nitrogen and oxygen atoms in total. The summed E-state index contributed by atoms with van der Waals surface area (Å²) in [6.45, 7) is 0.495. The smallest absolute Gasteiger partial charge is 0.143 e. The summed E-state index contributed by atoms with van der Waals surface area (Å²) in [6, 6.07) is 10.2. The minimum atomic E-state index is -0.127. The van der Waals surface area contributed by atoms with Crippen molar-refractivity contribution in [3.8, 4) is 0 Å². The Kier molecular flexibility index (Phi) is 5.06. The molecule has 0 aliphatic heterocycles. The molecule has 5 heteroatoms. The standard InChI is InChI=1S/C14H20N4O/c15-13(14-16-11-17-18(14)9-10-19)8-4-7-12-5-2-1-3-6-12/h1-3,5-6,11,13,19H,4,7-10,15H2. The molecular weight excluding hydrogens is 240 g/mol. The predicted octanol–water partition coefficient (Wildman–Crippen LogP) is 1.29. The lowest BCUT2D eigenvalue weighted by Crippen LogP contribution is -2.19. The number of benzene rings is 1. The molecule has 1 aromatic carbocycles. The van der Waals surface area contributed by atoms with Gasteiger partial charge in [0.15, 0.2) is 0 Å². The summed E-state index contributed by atoms with van der Waals surface area (Å²) in [4.78, 5) is 4.18. The Morgan fingerprint density at radius 2 is 2.05 bits per heavy atom. The summed E-state index contributed by atoms with van der Waals surface area (Å²) in [5, 5.41) is 13.0. The molecule has 1 unspecified atom stereocenters. The lowest BCUT2D eigenvalue weighted by Gasteiger charge is -2.12. The van der Waals surface area contributed by atoms with Crippen molar-refractivity contribution in [2.45, 2.75) is 31.8 Å². The number of nitrogens with two attached hydrogens (primary N) is 1. The molecule has 0 spiro atoms. The van der Waals surface area contributed by atoms with Gasteiger partial charge in [-0.05, 0) is 24.8 Å². The van der Waals surface area contributed by atoms with Crippen LogP contribution in [0.15, 0.2) is 36.7 Å². The molecule has 0 bridgehead atoms. The molecule has 0 saturated carbocycles. The third kappa shape index (κ3) is 3.87. The molecule has 0 amide bonds. The molecule has 1 heterocycles. The fourth-order valence-electron chi connectivity index (χ4n) is 2.13. The maximum absolute atomic E-state index is 8.94. The molecule has 0 saturated heterocycles. The van der Waals surface area contributed by atoms with Gasteiger partial charge in [0.1, 0.15) is 12.2 Å². The zero-order valence-electron chi connectivity index (χ0n) is 10.9. The molecule has 1 aromatic heterocycles. The number of hydrogen-bond donors (Lipinski definition) is 2. The zero-order valence-corrected chi connectivity index (χ0v) is 10.9. The van der Waals surface area contributed by atoms with Gasteiger partial charge in [-0.25, -0.2) is 9.67 Å². The second-order valence-electron chi connectivity index (χ2n) is 4.55. The first-order valence-electron chi connectivity index (χ1n) is 6.59. The zero-order chi connectivity index (χ0) is 13.5. The molecule has 0 aliphatic rings.